The molecule has 0 spiro atoms. The van der Waals surface area contributed by atoms with Crippen LogP contribution in [0, 0.1) is 0 Å². The third-order valence-corrected chi connectivity index (χ3v) is 21.8. The second-order valence-electron chi connectivity index (χ2n) is 27.4. The van der Waals surface area contributed by atoms with Crippen LogP contribution in [0.3, 0.4) is 0 Å². The molecule has 0 N–H and O–H groups in total. The van der Waals surface area contributed by atoms with Gasteiger partial charge >= 0.3 is 0 Å². The Balaban J connectivity index is 0.000000139. The van der Waals surface area contributed by atoms with Crippen LogP contribution in [0.15, 0.2) is 400 Å². The molecule has 0 fully saturated rings. The first kappa shape index (κ1) is 60.5. The van der Waals surface area contributed by atoms with Crippen molar-refractivity contribution in [1.29, 1.82) is 0 Å². The number of aromatic nitrogens is 2. The summed E-state index contributed by atoms with van der Waals surface area (Å²) in [6.45, 7) is 0.194. The summed E-state index contributed by atoms with van der Waals surface area (Å²) >= 11 is 0. The van der Waals surface area contributed by atoms with Gasteiger partial charge in [0.25, 0.3) is 0 Å². The predicted octanol–water partition coefficient (Wildman–Crippen LogP) is 21.5. The van der Waals surface area contributed by atoms with Gasteiger partial charge in [0.1, 0.15) is 0 Å². The molecule has 17 aromatic carbocycles. The van der Waals surface area contributed by atoms with Crippen LogP contribution in [0.1, 0.15) is 0 Å². The average molecular weight is 1320 g/mol. The number of benzene rings is 17. The lowest BCUT2D eigenvalue weighted by Gasteiger charge is -2.37. The maximum atomic E-state index is 2.45. The molecule has 0 amide bonds. The van der Waals surface area contributed by atoms with E-state index >= 15 is 0 Å². The van der Waals surface area contributed by atoms with E-state index in [2.05, 4.69) is 419 Å². The van der Waals surface area contributed by atoms with E-state index in [9.17, 15) is 0 Å². The molecule has 0 saturated carbocycles. The topological polar surface area (TPSA) is 16.3 Å². The lowest BCUT2D eigenvalue weighted by molar-refractivity contribution is 1.18. The van der Waals surface area contributed by atoms with E-state index in [4.69, 9.17) is 0 Å². The highest BCUT2D eigenvalue weighted by Crippen LogP contribution is 2.42. The molecule has 6 heteroatoms. The van der Waals surface area contributed by atoms with Gasteiger partial charge in [0.05, 0.1) is 22.1 Å². The molecule has 0 bridgehead atoms. The molecule has 2 aromatic heterocycles. The van der Waals surface area contributed by atoms with Crippen molar-refractivity contribution in [3.8, 4) is 44.8 Å². The van der Waals surface area contributed by atoms with Crippen LogP contribution in [0.4, 0.5) is 34.1 Å². The van der Waals surface area contributed by atoms with E-state index in [0.29, 0.717) is 0 Å². The Morgan fingerprint density at radius 2 is 0.471 bits per heavy atom. The first-order chi connectivity index (χ1) is 51.6. The lowest BCUT2D eigenvalue weighted by atomic mass is 9.33. The summed E-state index contributed by atoms with van der Waals surface area (Å²) < 4.78 is 4.74. The van der Waals surface area contributed by atoms with Crippen molar-refractivity contribution in [3.05, 3.63) is 400 Å². The monoisotopic (exact) mass is 1320 g/mol. The molecule has 104 heavy (non-hydrogen) atoms. The Morgan fingerprint density at radius 1 is 0.173 bits per heavy atom. The van der Waals surface area contributed by atoms with Crippen molar-refractivity contribution >= 4 is 145 Å². The average Bonchev–Trinajstić information content (AvgIpc) is 1.12. The van der Waals surface area contributed by atoms with Gasteiger partial charge in [-0.2, -0.15) is 0 Å². The summed E-state index contributed by atoms with van der Waals surface area (Å²) in [5, 5.41) is 10.2. The summed E-state index contributed by atoms with van der Waals surface area (Å²) in [6, 6.07) is 146. The number of fused-ring (bicyclic) bond motifs is 12. The Bertz CT molecular complexity index is 6290. The minimum absolute atomic E-state index is 0.0530. The summed E-state index contributed by atoms with van der Waals surface area (Å²) in [7, 11) is 0. The van der Waals surface area contributed by atoms with E-state index < -0.39 is 0 Å². The molecule has 21 rings (SSSR count). The van der Waals surface area contributed by atoms with E-state index in [-0.39, 0.29) is 13.4 Å². The van der Waals surface area contributed by atoms with Gasteiger partial charge in [-0.05, 0) is 174 Å². The third kappa shape index (κ3) is 10.1. The molecule has 4 nitrogen and oxygen atoms in total. The lowest BCUT2D eigenvalue weighted by Crippen LogP contribution is -2.58. The maximum absolute atomic E-state index is 2.45. The van der Waals surface area contributed by atoms with Crippen LogP contribution < -0.4 is 42.6 Å². The predicted molar refractivity (Wildman–Crippen MR) is 444 cm³/mol. The number of hydrogen-bond donors (Lipinski definition) is 0. The largest absolute Gasteiger partial charge is 0.312 e. The van der Waals surface area contributed by atoms with Crippen LogP contribution in [-0.2, 0) is 0 Å². The molecule has 19 aromatic rings. The molecule has 0 atom stereocenters. The smallest absolute Gasteiger partial charge is 0.248 e. The molecule has 484 valence electrons. The van der Waals surface area contributed by atoms with Crippen molar-refractivity contribution in [2.24, 2.45) is 0 Å². The summed E-state index contributed by atoms with van der Waals surface area (Å²) in [4.78, 5) is 4.88. The quantitative estimate of drug-likeness (QED) is 0.134. The minimum atomic E-state index is 0.0530. The van der Waals surface area contributed by atoms with E-state index in [1.54, 1.807) is 0 Å². The zero-order chi connectivity index (χ0) is 68.6. The fourth-order valence-electron chi connectivity index (χ4n) is 17.1. The van der Waals surface area contributed by atoms with Crippen LogP contribution >= 0.6 is 0 Å². The van der Waals surface area contributed by atoms with Crippen molar-refractivity contribution in [2.45, 2.75) is 0 Å². The molecule has 0 radical (unpaired) electrons. The van der Waals surface area contributed by atoms with E-state index in [1.165, 1.54) is 160 Å². The summed E-state index contributed by atoms with van der Waals surface area (Å²) in [5.41, 5.74) is 29.6. The molecular formula is C98H66B2N4. The molecule has 0 saturated heterocycles. The van der Waals surface area contributed by atoms with E-state index in [1.807, 2.05) is 0 Å². The summed E-state index contributed by atoms with van der Waals surface area (Å²) in [5.74, 6) is 0. The Kier molecular flexibility index (Phi) is 14.7. The number of rotatable bonds is 9. The van der Waals surface area contributed by atoms with Crippen LogP contribution in [-0.4, -0.2) is 22.6 Å². The van der Waals surface area contributed by atoms with Gasteiger partial charge in [0, 0.05) is 67.0 Å². The van der Waals surface area contributed by atoms with Crippen molar-refractivity contribution in [2.75, 3.05) is 9.80 Å². The molecule has 0 unspecified atom stereocenters. The molecule has 2 aliphatic rings. The van der Waals surface area contributed by atoms with Crippen LogP contribution in [0.5, 0.6) is 0 Å². The standard InChI is InChI=1S/C52H35BN2.C46H31BN2/c1-2-14-38(15-3-1)43-35-30-39-16-4-5-17-42(39)52(43)53-46-20-8-12-24-50(46)55(51-25-13-9-21-47(51)53)41-33-28-37(29-34-41)36-26-31-40(32-27-36)54-48-22-10-6-18-44(48)45-19-7-11-23-49(45)54;1-2-14-37-34(12-1)13-11-19-40(37)47-41-17-5-9-22-45(41)49(46-23-10-6-18-42(46)47)36-30-26-33(27-31-36)32-24-28-35(29-25-32)48-43-20-7-3-15-38(43)39-16-4-8-21-44(39)48/h1-35H;1-31H. The van der Waals surface area contributed by atoms with Crippen molar-refractivity contribution in [3.63, 3.8) is 0 Å². The zero-order valence-corrected chi connectivity index (χ0v) is 57.0. The minimum Gasteiger partial charge on any atom is -0.312 e. The zero-order valence-electron chi connectivity index (χ0n) is 57.0. The first-order valence-electron chi connectivity index (χ1n) is 36.0. The van der Waals surface area contributed by atoms with Gasteiger partial charge in [0.15, 0.2) is 0 Å². The highest BCUT2D eigenvalue weighted by Gasteiger charge is 2.38. The molecular weight excluding hydrogens is 1250 g/mol. The fraction of sp³-hybridized carbons (Fsp3) is 0. The van der Waals surface area contributed by atoms with Crippen molar-refractivity contribution in [1.82, 2.24) is 9.13 Å². The Hall–Kier alpha value is -13.4. The van der Waals surface area contributed by atoms with Gasteiger partial charge < -0.3 is 18.9 Å². The second-order valence-corrected chi connectivity index (χ2v) is 27.4. The van der Waals surface area contributed by atoms with Crippen molar-refractivity contribution < 1.29 is 0 Å². The maximum Gasteiger partial charge on any atom is 0.248 e. The fourth-order valence-corrected chi connectivity index (χ4v) is 17.1. The first-order valence-corrected chi connectivity index (χ1v) is 36.0. The SMILES string of the molecule is c1ccc(-c2ccc3ccccc3c2B2c3ccccc3N(c3ccc(-c4ccc(-n5c6ccccc6c6ccccc65)cc4)cc3)c3ccccc32)cc1.c1ccc2c(c1)B(c1cccc3ccccc13)c1ccccc1N2c1ccc(-c2ccc(-n3c4ccccc4c4ccccc43)cc2)cc1. The number of para-hydroxylation sites is 8. The van der Waals surface area contributed by atoms with Crippen LogP contribution in [0.2, 0.25) is 0 Å². The second kappa shape index (κ2) is 25.3. The van der Waals surface area contributed by atoms with Gasteiger partial charge in [-0.15, -0.1) is 0 Å². The van der Waals surface area contributed by atoms with Gasteiger partial charge in [-0.25, -0.2) is 0 Å². The van der Waals surface area contributed by atoms with Gasteiger partial charge in [-0.3, -0.25) is 0 Å². The van der Waals surface area contributed by atoms with E-state index in [0.717, 1.165) is 17.1 Å². The number of nitrogens with zero attached hydrogens (tertiary/aromatic N) is 4. The normalized spacial score (nSPS) is 12.3. The highest BCUT2D eigenvalue weighted by atomic mass is 15.2. The number of hydrogen-bond acceptors (Lipinski definition) is 2. The third-order valence-electron chi connectivity index (χ3n) is 21.8. The highest BCUT2D eigenvalue weighted by molar-refractivity contribution is 7.00. The molecule has 4 heterocycles. The Labute approximate surface area is 605 Å². The molecule has 2 aliphatic heterocycles. The van der Waals surface area contributed by atoms with Gasteiger partial charge in [-0.1, -0.05) is 314 Å². The van der Waals surface area contributed by atoms with Gasteiger partial charge in [0.2, 0.25) is 13.4 Å². The molecule has 0 aliphatic carbocycles. The summed E-state index contributed by atoms with van der Waals surface area (Å²) in [6.07, 6.45) is 0. The van der Waals surface area contributed by atoms with Crippen LogP contribution in [0.25, 0.3) is 110 Å². The number of anilines is 6. The Morgan fingerprint density at radius 3 is 0.885 bits per heavy atom.